The van der Waals surface area contributed by atoms with E-state index in [1.54, 1.807) is 0 Å². The molecule has 2 saturated heterocycles. The fraction of sp³-hybridized carbons (Fsp3) is 0.696. The summed E-state index contributed by atoms with van der Waals surface area (Å²) in [5.41, 5.74) is 2.42. The van der Waals surface area contributed by atoms with Crippen molar-refractivity contribution in [3.05, 3.63) is 30.0 Å². The van der Waals surface area contributed by atoms with Gasteiger partial charge in [-0.15, -0.1) is 0 Å². The standard InChI is InChI=1S/C23H33N3O/c1-16(14-26-23-6-4-3-5-22(23)17(2)24-26)13-25-19-9-10-20(25)12-21(11-19)27-15-18-7-8-18/h3-6,16,18-21H,7-15H2,1-2H3/t16?,19-,20?,21?/m1/s1. The van der Waals surface area contributed by atoms with Crippen LogP contribution in [-0.2, 0) is 11.3 Å². The molecule has 3 aliphatic rings. The minimum absolute atomic E-state index is 0.521. The van der Waals surface area contributed by atoms with Crippen molar-refractivity contribution in [1.29, 1.82) is 0 Å². The minimum Gasteiger partial charge on any atom is -0.378 e. The lowest BCUT2D eigenvalue weighted by atomic mass is 9.98. The van der Waals surface area contributed by atoms with Gasteiger partial charge in [-0.2, -0.15) is 5.10 Å². The van der Waals surface area contributed by atoms with Crippen LogP contribution in [0.15, 0.2) is 24.3 Å². The molecule has 2 bridgehead atoms. The van der Waals surface area contributed by atoms with E-state index < -0.39 is 0 Å². The maximum atomic E-state index is 6.25. The number of fused-ring (bicyclic) bond motifs is 3. The van der Waals surface area contributed by atoms with Gasteiger partial charge >= 0.3 is 0 Å². The van der Waals surface area contributed by atoms with Crippen LogP contribution in [0.2, 0.25) is 0 Å². The summed E-state index contributed by atoms with van der Waals surface area (Å²) in [7, 11) is 0. The molecule has 4 nitrogen and oxygen atoms in total. The average molecular weight is 368 g/mol. The van der Waals surface area contributed by atoms with Gasteiger partial charge in [0.2, 0.25) is 0 Å². The number of aromatic nitrogens is 2. The Hall–Kier alpha value is -1.39. The summed E-state index contributed by atoms with van der Waals surface area (Å²) in [6.45, 7) is 7.73. The Bertz CT molecular complexity index is 782. The Kier molecular flexibility index (Phi) is 4.73. The number of hydrogen-bond donors (Lipinski definition) is 0. The van der Waals surface area contributed by atoms with E-state index >= 15 is 0 Å². The molecule has 0 radical (unpaired) electrons. The maximum Gasteiger partial charge on any atom is 0.0685 e. The van der Waals surface area contributed by atoms with Crippen LogP contribution in [-0.4, -0.2) is 46.0 Å². The topological polar surface area (TPSA) is 30.3 Å². The van der Waals surface area contributed by atoms with Crippen molar-refractivity contribution < 1.29 is 4.74 Å². The molecular weight excluding hydrogens is 334 g/mol. The summed E-state index contributed by atoms with van der Waals surface area (Å²) in [4.78, 5) is 2.81. The zero-order chi connectivity index (χ0) is 18.4. The van der Waals surface area contributed by atoms with Gasteiger partial charge in [0.15, 0.2) is 0 Å². The molecule has 3 heterocycles. The van der Waals surface area contributed by atoms with Gasteiger partial charge in [-0.3, -0.25) is 9.58 Å². The van der Waals surface area contributed by atoms with Gasteiger partial charge < -0.3 is 4.74 Å². The smallest absolute Gasteiger partial charge is 0.0685 e. The van der Waals surface area contributed by atoms with Crippen molar-refractivity contribution >= 4 is 10.9 Å². The van der Waals surface area contributed by atoms with E-state index in [2.05, 4.69) is 47.7 Å². The highest BCUT2D eigenvalue weighted by molar-refractivity contribution is 5.81. The average Bonchev–Trinajstić information content (AvgIpc) is 3.41. The second-order valence-electron chi connectivity index (χ2n) is 9.34. The molecule has 1 saturated carbocycles. The van der Waals surface area contributed by atoms with E-state index in [0.717, 1.165) is 36.8 Å². The first-order chi connectivity index (χ1) is 13.2. The fourth-order valence-corrected chi connectivity index (χ4v) is 5.36. The molecule has 1 aromatic heterocycles. The zero-order valence-corrected chi connectivity index (χ0v) is 16.8. The summed E-state index contributed by atoms with van der Waals surface area (Å²) in [5, 5.41) is 6.10. The summed E-state index contributed by atoms with van der Waals surface area (Å²) >= 11 is 0. The molecule has 2 aromatic rings. The Balaban J connectivity index is 1.20. The van der Waals surface area contributed by atoms with E-state index in [4.69, 9.17) is 9.84 Å². The number of para-hydroxylation sites is 1. The van der Waals surface area contributed by atoms with Crippen molar-refractivity contribution in [2.45, 2.75) is 77.1 Å². The van der Waals surface area contributed by atoms with Gasteiger partial charge in [0.25, 0.3) is 0 Å². The van der Waals surface area contributed by atoms with Gasteiger partial charge in [-0.25, -0.2) is 0 Å². The quantitative estimate of drug-likeness (QED) is 0.726. The molecule has 1 aromatic carbocycles. The van der Waals surface area contributed by atoms with Crippen LogP contribution in [0.5, 0.6) is 0 Å². The first-order valence-electron chi connectivity index (χ1n) is 11.0. The van der Waals surface area contributed by atoms with Crippen LogP contribution in [0.3, 0.4) is 0 Å². The fourth-order valence-electron chi connectivity index (χ4n) is 5.36. The van der Waals surface area contributed by atoms with Crippen molar-refractivity contribution in [3.8, 4) is 0 Å². The first-order valence-corrected chi connectivity index (χ1v) is 11.0. The maximum absolute atomic E-state index is 6.25. The largest absolute Gasteiger partial charge is 0.378 e. The highest BCUT2D eigenvalue weighted by atomic mass is 16.5. The number of ether oxygens (including phenoxy) is 1. The Morgan fingerprint density at radius 1 is 1.07 bits per heavy atom. The first kappa shape index (κ1) is 17.7. The van der Waals surface area contributed by atoms with Crippen molar-refractivity contribution in [2.75, 3.05) is 13.2 Å². The summed E-state index contributed by atoms with van der Waals surface area (Å²) in [6, 6.07) is 10.1. The molecule has 0 N–H and O–H groups in total. The second-order valence-corrected chi connectivity index (χ2v) is 9.34. The normalized spacial score (nSPS) is 29.5. The van der Waals surface area contributed by atoms with E-state index in [0.29, 0.717) is 12.0 Å². The summed E-state index contributed by atoms with van der Waals surface area (Å²) < 4.78 is 8.47. The van der Waals surface area contributed by atoms with Gasteiger partial charge in [0.1, 0.15) is 0 Å². The zero-order valence-electron chi connectivity index (χ0n) is 16.8. The van der Waals surface area contributed by atoms with Crippen LogP contribution >= 0.6 is 0 Å². The lowest BCUT2D eigenvalue weighted by Gasteiger charge is -2.40. The molecule has 2 aliphatic heterocycles. The molecule has 5 rings (SSSR count). The van der Waals surface area contributed by atoms with Crippen LogP contribution in [0.4, 0.5) is 0 Å². The number of hydrogen-bond acceptors (Lipinski definition) is 3. The number of rotatable bonds is 7. The van der Waals surface area contributed by atoms with Gasteiger partial charge in [-0.1, -0.05) is 25.1 Å². The lowest BCUT2D eigenvalue weighted by Crippen LogP contribution is -2.47. The highest BCUT2D eigenvalue weighted by Gasteiger charge is 2.41. The van der Waals surface area contributed by atoms with Crippen molar-refractivity contribution in [1.82, 2.24) is 14.7 Å². The highest BCUT2D eigenvalue weighted by Crippen LogP contribution is 2.38. The van der Waals surface area contributed by atoms with Crippen LogP contribution in [0, 0.1) is 18.8 Å². The van der Waals surface area contributed by atoms with E-state index in [1.165, 1.54) is 56.0 Å². The third kappa shape index (κ3) is 3.66. The minimum atomic E-state index is 0.521. The van der Waals surface area contributed by atoms with Crippen molar-refractivity contribution in [2.24, 2.45) is 11.8 Å². The molecule has 3 fully saturated rings. The predicted octanol–water partition coefficient (Wildman–Crippen LogP) is 4.40. The van der Waals surface area contributed by atoms with Crippen molar-refractivity contribution in [3.63, 3.8) is 0 Å². The van der Waals surface area contributed by atoms with E-state index in [1.807, 2.05) is 0 Å². The Morgan fingerprint density at radius 2 is 1.81 bits per heavy atom. The SMILES string of the molecule is Cc1nn(CC(C)CN2C3CC[C@@H]2CC(OCC2CC2)C3)c2ccccc12. The molecule has 146 valence electrons. The van der Waals surface area contributed by atoms with Crippen LogP contribution in [0.25, 0.3) is 10.9 Å². The lowest BCUT2D eigenvalue weighted by molar-refractivity contribution is -0.0276. The van der Waals surface area contributed by atoms with E-state index in [-0.39, 0.29) is 0 Å². The number of aryl methyl sites for hydroxylation is 1. The molecule has 0 amide bonds. The third-order valence-corrected chi connectivity index (χ3v) is 6.96. The van der Waals surface area contributed by atoms with Gasteiger partial charge in [-0.05, 0) is 63.4 Å². The molecule has 4 heteroatoms. The van der Waals surface area contributed by atoms with Gasteiger partial charge in [0, 0.05) is 37.2 Å². The monoisotopic (exact) mass is 367 g/mol. The predicted molar refractivity (Wildman–Crippen MR) is 109 cm³/mol. The Labute approximate surface area is 162 Å². The molecular formula is C23H33N3O. The molecule has 27 heavy (non-hydrogen) atoms. The Morgan fingerprint density at radius 3 is 2.56 bits per heavy atom. The summed E-state index contributed by atoms with van der Waals surface area (Å²) in [6.07, 6.45) is 8.54. The number of benzene rings is 1. The molecule has 3 unspecified atom stereocenters. The number of piperidine rings is 1. The summed E-state index contributed by atoms with van der Waals surface area (Å²) in [5.74, 6) is 1.49. The molecule has 4 atom stereocenters. The third-order valence-electron chi connectivity index (χ3n) is 6.96. The van der Waals surface area contributed by atoms with E-state index in [9.17, 15) is 0 Å². The second kappa shape index (κ2) is 7.21. The van der Waals surface area contributed by atoms with Gasteiger partial charge in [0.05, 0.1) is 17.3 Å². The molecule has 1 aliphatic carbocycles. The van der Waals surface area contributed by atoms with Crippen LogP contribution in [0.1, 0.15) is 51.1 Å². The molecule has 0 spiro atoms. The van der Waals surface area contributed by atoms with Crippen LogP contribution < -0.4 is 0 Å². The number of nitrogens with zero attached hydrogens (tertiary/aromatic N) is 3.